The molecule has 186 valence electrons. The fourth-order valence-corrected chi connectivity index (χ4v) is 3.85. The number of carbonyl (C=O) groups is 1. The van der Waals surface area contributed by atoms with Gasteiger partial charge in [0.2, 0.25) is 11.8 Å². The first-order chi connectivity index (χ1) is 16.9. The fourth-order valence-electron chi connectivity index (χ4n) is 3.85. The van der Waals surface area contributed by atoms with Crippen molar-refractivity contribution < 1.29 is 14.3 Å². The summed E-state index contributed by atoms with van der Waals surface area (Å²) in [6.45, 7) is 9.36. The van der Waals surface area contributed by atoms with Crippen LogP contribution in [0, 0.1) is 23.2 Å². The molecule has 1 saturated heterocycles. The first kappa shape index (κ1) is 25.7. The maximum absolute atomic E-state index is 12.1. The van der Waals surface area contributed by atoms with Crippen LogP contribution in [0.2, 0.25) is 0 Å². The molecule has 2 unspecified atom stereocenters. The Hall–Kier alpha value is -3.94. The van der Waals surface area contributed by atoms with Gasteiger partial charge in [0.25, 0.3) is 0 Å². The minimum atomic E-state index is -0.666. The van der Waals surface area contributed by atoms with E-state index in [4.69, 9.17) is 26.2 Å². The van der Waals surface area contributed by atoms with Crippen LogP contribution in [0.1, 0.15) is 61.0 Å². The number of ether oxygens (including phenoxy) is 2. The van der Waals surface area contributed by atoms with Crippen molar-refractivity contribution in [3.8, 4) is 12.1 Å². The Labute approximate surface area is 205 Å². The summed E-state index contributed by atoms with van der Waals surface area (Å²) in [5.41, 5.74) is 14.0. The van der Waals surface area contributed by atoms with Crippen molar-refractivity contribution in [2.45, 2.75) is 39.0 Å². The second kappa shape index (κ2) is 11.5. The van der Waals surface area contributed by atoms with Crippen LogP contribution in [-0.4, -0.2) is 52.7 Å². The minimum absolute atomic E-state index is 0.00399. The molecule has 3 heterocycles. The standard InChI is InChI=1S/C22H26N8O3.C2H6/c1-12(24)18-16(25)3-4-17(26-18)13-5-7-30(8-6-13)21-27-19(20(31)32-2)28-22(29-21)33-11-15-9-14(15)10-23;1-2/h3-4,13-15H,1,5-9,11,24-25H2,2H3;1-2H3. The Morgan fingerprint density at radius 1 is 1.23 bits per heavy atom. The van der Waals surface area contributed by atoms with Crippen molar-refractivity contribution in [2.75, 3.05) is 37.4 Å². The van der Waals surface area contributed by atoms with Gasteiger partial charge < -0.3 is 25.8 Å². The van der Waals surface area contributed by atoms with Gasteiger partial charge in [-0.05, 0) is 31.4 Å². The number of nitrogens with two attached hydrogens (primary N) is 2. The predicted octanol–water partition coefficient (Wildman–Crippen LogP) is 2.51. The van der Waals surface area contributed by atoms with Crippen molar-refractivity contribution in [2.24, 2.45) is 17.6 Å². The van der Waals surface area contributed by atoms with E-state index in [1.165, 1.54) is 7.11 Å². The number of pyridine rings is 1. The van der Waals surface area contributed by atoms with E-state index in [2.05, 4.69) is 32.6 Å². The second-order valence-corrected chi connectivity index (χ2v) is 8.24. The third-order valence-electron chi connectivity index (χ3n) is 5.93. The van der Waals surface area contributed by atoms with Crippen LogP contribution in [0.15, 0.2) is 18.7 Å². The normalized spacial score (nSPS) is 19.1. The number of nitriles is 1. The Kier molecular flexibility index (Phi) is 8.41. The number of nitrogens with zero attached hydrogens (tertiary/aromatic N) is 6. The summed E-state index contributed by atoms with van der Waals surface area (Å²) in [5.74, 6) is -0.0410. The monoisotopic (exact) mass is 480 g/mol. The lowest BCUT2D eigenvalue weighted by atomic mass is 9.93. The molecular formula is C24H32N8O3. The average molecular weight is 481 g/mol. The zero-order valence-electron chi connectivity index (χ0n) is 20.4. The quantitative estimate of drug-likeness (QED) is 0.559. The molecule has 0 aromatic carbocycles. The number of piperidine rings is 1. The van der Waals surface area contributed by atoms with Crippen LogP contribution in [0.3, 0.4) is 0 Å². The van der Waals surface area contributed by atoms with E-state index in [9.17, 15) is 4.79 Å². The van der Waals surface area contributed by atoms with Gasteiger partial charge in [0.15, 0.2) is 0 Å². The summed E-state index contributed by atoms with van der Waals surface area (Å²) in [7, 11) is 1.27. The number of nitrogen functional groups attached to an aromatic ring is 1. The number of rotatable bonds is 7. The number of carbonyl (C=O) groups excluding carboxylic acids is 1. The Morgan fingerprint density at radius 3 is 2.54 bits per heavy atom. The highest BCUT2D eigenvalue weighted by Crippen LogP contribution is 2.37. The molecule has 0 spiro atoms. The number of esters is 1. The van der Waals surface area contributed by atoms with Gasteiger partial charge in [-0.15, -0.1) is 0 Å². The van der Waals surface area contributed by atoms with Crippen molar-refractivity contribution in [1.29, 1.82) is 5.26 Å². The lowest BCUT2D eigenvalue weighted by Crippen LogP contribution is -2.35. The molecule has 11 nitrogen and oxygen atoms in total. The molecule has 1 aliphatic carbocycles. The Bertz CT molecular complexity index is 1110. The summed E-state index contributed by atoms with van der Waals surface area (Å²) in [4.78, 5) is 31.4. The van der Waals surface area contributed by atoms with E-state index >= 15 is 0 Å². The highest BCUT2D eigenvalue weighted by atomic mass is 16.5. The van der Waals surface area contributed by atoms with Crippen LogP contribution in [0.4, 0.5) is 11.6 Å². The van der Waals surface area contributed by atoms with Gasteiger partial charge in [-0.3, -0.25) is 0 Å². The second-order valence-electron chi connectivity index (χ2n) is 8.24. The minimum Gasteiger partial charge on any atom is -0.463 e. The van der Waals surface area contributed by atoms with E-state index in [0.29, 0.717) is 42.7 Å². The van der Waals surface area contributed by atoms with Crippen LogP contribution in [-0.2, 0) is 4.74 Å². The SMILES string of the molecule is C=C(N)c1nc(C2CCN(c3nc(OCC4CC4C#N)nc(C(=O)OC)n3)CC2)ccc1N.CC. The number of anilines is 2. The largest absolute Gasteiger partial charge is 0.463 e. The molecule has 0 bridgehead atoms. The first-order valence-electron chi connectivity index (χ1n) is 11.7. The molecule has 4 rings (SSSR count). The van der Waals surface area contributed by atoms with Gasteiger partial charge >= 0.3 is 12.0 Å². The number of methoxy groups -OCH3 is 1. The predicted molar refractivity (Wildman–Crippen MR) is 131 cm³/mol. The third kappa shape index (κ3) is 6.15. The summed E-state index contributed by atoms with van der Waals surface area (Å²) in [5, 5.41) is 8.96. The molecule has 1 saturated carbocycles. The van der Waals surface area contributed by atoms with Gasteiger partial charge in [0.1, 0.15) is 5.69 Å². The molecular weight excluding hydrogens is 448 g/mol. The zero-order valence-corrected chi connectivity index (χ0v) is 20.4. The molecule has 0 amide bonds. The van der Waals surface area contributed by atoms with E-state index in [1.54, 1.807) is 6.07 Å². The van der Waals surface area contributed by atoms with Crippen molar-refractivity contribution in [1.82, 2.24) is 19.9 Å². The van der Waals surface area contributed by atoms with Gasteiger partial charge in [0, 0.05) is 30.6 Å². The number of hydrogen-bond acceptors (Lipinski definition) is 11. The Balaban J connectivity index is 0.00000167. The lowest BCUT2D eigenvalue weighted by molar-refractivity contribution is 0.0584. The third-order valence-corrected chi connectivity index (χ3v) is 5.93. The van der Waals surface area contributed by atoms with E-state index < -0.39 is 5.97 Å². The van der Waals surface area contributed by atoms with Gasteiger partial charge in [-0.25, -0.2) is 9.78 Å². The van der Waals surface area contributed by atoms with Crippen molar-refractivity contribution in [3.63, 3.8) is 0 Å². The molecule has 4 N–H and O–H groups in total. The van der Waals surface area contributed by atoms with Crippen LogP contribution < -0.4 is 21.1 Å². The van der Waals surface area contributed by atoms with Crippen LogP contribution in [0.25, 0.3) is 5.70 Å². The van der Waals surface area contributed by atoms with Gasteiger partial charge in [-0.2, -0.15) is 20.2 Å². The highest BCUT2D eigenvalue weighted by molar-refractivity contribution is 5.85. The molecule has 0 radical (unpaired) electrons. The van der Waals surface area contributed by atoms with Crippen LogP contribution in [0.5, 0.6) is 6.01 Å². The summed E-state index contributed by atoms with van der Waals surface area (Å²) >= 11 is 0. The zero-order chi connectivity index (χ0) is 25.5. The average Bonchev–Trinajstić information content (AvgIpc) is 3.67. The highest BCUT2D eigenvalue weighted by Gasteiger charge is 2.38. The maximum Gasteiger partial charge on any atom is 0.376 e. The molecule has 35 heavy (non-hydrogen) atoms. The van der Waals surface area contributed by atoms with E-state index in [1.807, 2.05) is 24.8 Å². The molecule has 11 heteroatoms. The van der Waals surface area contributed by atoms with Crippen molar-refractivity contribution in [3.05, 3.63) is 35.9 Å². The first-order valence-corrected chi connectivity index (χ1v) is 11.7. The smallest absolute Gasteiger partial charge is 0.376 e. The summed E-state index contributed by atoms with van der Waals surface area (Å²) in [6.07, 6.45) is 2.40. The van der Waals surface area contributed by atoms with Gasteiger partial charge in [0.05, 0.1) is 37.1 Å². The lowest BCUT2D eigenvalue weighted by Gasteiger charge is -2.32. The number of hydrogen-bond donors (Lipinski definition) is 2. The maximum atomic E-state index is 12.1. The van der Waals surface area contributed by atoms with E-state index in [0.717, 1.165) is 25.0 Å². The topological polar surface area (TPSA) is 166 Å². The molecule has 2 aliphatic rings. The summed E-state index contributed by atoms with van der Waals surface area (Å²) < 4.78 is 10.5. The Morgan fingerprint density at radius 2 is 1.94 bits per heavy atom. The van der Waals surface area contributed by atoms with Crippen LogP contribution >= 0.6 is 0 Å². The fraction of sp³-hybridized carbons (Fsp3) is 0.500. The molecule has 2 aromatic heterocycles. The molecule has 1 aliphatic heterocycles. The number of aromatic nitrogens is 4. The molecule has 2 aromatic rings. The molecule has 2 fully saturated rings. The summed E-state index contributed by atoms with van der Waals surface area (Å²) in [6, 6.07) is 5.99. The van der Waals surface area contributed by atoms with Crippen molar-refractivity contribution >= 4 is 23.3 Å². The molecule has 2 atom stereocenters. The van der Waals surface area contributed by atoms with E-state index in [-0.39, 0.29) is 29.6 Å². The van der Waals surface area contributed by atoms with Gasteiger partial charge in [-0.1, -0.05) is 20.4 Å².